The molecule has 0 atom stereocenters. The first-order valence-electron chi connectivity index (χ1n) is 8.44. The molecule has 0 bridgehead atoms. The number of aromatic nitrogens is 6. The Morgan fingerprint density at radius 3 is 2.92 bits per heavy atom. The summed E-state index contributed by atoms with van der Waals surface area (Å²) in [6.45, 7) is 1.97. The highest BCUT2D eigenvalue weighted by Crippen LogP contribution is 2.33. The van der Waals surface area contributed by atoms with E-state index < -0.39 is 0 Å². The van der Waals surface area contributed by atoms with E-state index in [1.807, 2.05) is 23.1 Å². The predicted molar refractivity (Wildman–Crippen MR) is 96.0 cm³/mol. The van der Waals surface area contributed by atoms with Crippen molar-refractivity contribution in [1.82, 2.24) is 35.0 Å². The first-order valence-corrected chi connectivity index (χ1v) is 8.44. The summed E-state index contributed by atoms with van der Waals surface area (Å²) in [4.78, 5) is 16.2. The lowest BCUT2D eigenvalue weighted by Gasteiger charge is -2.23. The molecule has 0 unspecified atom stereocenters. The van der Waals surface area contributed by atoms with Crippen LogP contribution in [0.1, 0.15) is 18.9 Å². The van der Waals surface area contributed by atoms with Crippen molar-refractivity contribution in [2.45, 2.75) is 18.9 Å². The zero-order valence-electron chi connectivity index (χ0n) is 13.6. The number of piperidine rings is 1. The van der Waals surface area contributed by atoms with Gasteiger partial charge in [-0.15, -0.1) is 0 Å². The third-order valence-electron chi connectivity index (χ3n) is 4.85. The number of anilines is 1. The van der Waals surface area contributed by atoms with Crippen molar-refractivity contribution >= 4 is 27.9 Å². The fourth-order valence-electron chi connectivity index (χ4n) is 3.57. The highest BCUT2D eigenvalue weighted by atomic mass is 15.3. The van der Waals surface area contributed by atoms with Crippen LogP contribution in [-0.2, 0) is 0 Å². The number of nitrogens with zero attached hydrogens (tertiary/aromatic N) is 5. The first-order chi connectivity index (χ1) is 12.3. The summed E-state index contributed by atoms with van der Waals surface area (Å²) in [5.41, 5.74) is 9.55. The molecular weight excluding hydrogens is 316 g/mol. The first kappa shape index (κ1) is 14.4. The van der Waals surface area contributed by atoms with Gasteiger partial charge in [0.1, 0.15) is 23.5 Å². The van der Waals surface area contributed by atoms with Gasteiger partial charge < -0.3 is 16.0 Å². The lowest BCUT2D eigenvalue weighted by atomic mass is 10.1. The molecule has 5 heterocycles. The smallest absolute Gasteiger partial charge is 0.164 e. The fourth-order valence-corrected chi connectivity index (χ4v) is 3.57. The van der Waals surface area contributed by atoms with E-state index in [4.69, 9.17) is 10.8 Å². The molecule has 4 aromatic rings. The van der Waals surface area contributed by atoms with E-state index >= 15 is 0 Å². The topological polar surface area (TPSA) is 110 Å². The molecule has 1 saturated heterocycles. The van der Waals surface area contributed by atoms with Gasteiger partial charge in [-0.3, -0.25) is 0 Å². The SMILES string of the molecule is Nc1ncnc2c1c(-c1cnc3[nH]ccc3c1)nn2C1CCNCC1. The van der Waals surface area contributed by atoms with Crippen LogP contribution in [0.15, 0.2) is 30.9 Å². The molecule has 0 saturated carbocycles. The maximum Gasteiger partial charge on any atom is 0.164 e. The monoisotopic (exact) mass is 334 g/mol. The lowest BCUT2D eigenvalue weighted by molar-refractivity contribution is 0.350. The van der Waals surface area contributed by atoms with Crippen LogP contribution in [0.4, 0.5) is 5.82 Å². The van der Waals surface area contributed by atoms with Gasteiger partial charge in [-0.2, -0.15) is 5.10 Å². The Kier molecular flexibility index (Phi) is 3.17. The maximum absolute atomic E-state index is 6.19. The molecule has 0 amide bonds. The minimum absolute atomic E-state index is 0.316. The molecule has 8 nitrogen and oxygen atoms in total. The average molecular weight is 334 g/mol. The van der Waals surface area contributed by atoms with Crippen molar-refractivity contribution in [1.29, 1.82) is 0 Å². The van der Waals surface area contributed by atoms with Crippen molar-refractivity contribution in [2.24, 2.45) is 0 Å². The van der Waals surface area contributed by atoms with Gasteiger partial charge in [0.05, 0.1) is 11.4 Å². The molecular formula is C17H18N8. The van der Waals surface area contributed by atoms with E-state index in [0.29, 0.717) is 11.9 Å². The number of nitrogens with one attached hydrogen (secondary N) is 2. The normalized spacial score (nSPS) is 16.0. The zero-order valence-corrected chi connectivity index (χ0v) is 13.6. The Balaban J connectivity index is 1.74. The Morgan fingerprint density at radius 1 is 1.16 bits per heavy atom. The number of H-pyrrole nitrogens is 1. The quantitative estimate of drug-likeness (QED) is 0.516. The summed E-state index contributed by atoms with van der Waals surface area (Å²) in [5.74, 6) is 0.453. The van der Waals surface area contributed by atoms with Gasteiger partial charge in [-0.05, 0) is 38.1 Å². The second-order valence-electron chi connectivity index (χ2n) is 6.37. The molecule has 4 aromatic heterocycles. The molecule has 8 heteroatoms. The highest BCUT2D eigenvalue weighted by Gasteiger charge is 2.23. The molecule has 0 radical (unpaired) electrons. The average Bonchev–Trinajstić information content (AvgIpc) is 3.27. The Hall–Kier alpha value is -3.00. The van der Waals surface area contributed by atoms with Crippen molar-refractivity contribution in [3.05, 3.63) is 30.9 Å². The van der Waals surface area contributed by atoms with Gasteiger partial charge in [0.2, 0.25) is 0 Å². The third-order valence-corrected chi connectivity index (χ3v) is 4.85. The van der Waals surface area contributed by atoms with Gasteiger partial charge in [0.25, 0.3) is 0 Å². The molecule has 0 aromatic carbocycles. The van der Waals surface area contributed by atoms with Crippen molar-refractivity contribution < 1.29 is 0 Å². The molecule has 1 fully saturated rings. The van der Waals surface area contributed by atoms with Crippen LogP contribution in [0, 0.1) is 0 Å². The lowest BCUT2D eigenvalue weighted by Crippen LogP contribution is -2.30. The molecule has 1 aliphatic heterocycles. The summed E-state index contributed by atoms with van der Waals surface area (Å²) >= 11 is 0. The van der Waals surface area contributed by atoms with E-state index in [2.05, 4.69) is 31.3 Å². The standard InChI is InChI=1S/C17H18N8/c18-15-13-14(11-7-10-1-6-20-16(10)21-8-11)24-25(17(13)23-9-22-15)12-2-4-19-5-3-12/h1,6-9,12,19H,2-5H2,(H,20,21)(H2,18,22,23). The molecule has 25 heavy (non-hydrogen) atoms. The summed E-state index contributed by atoms with van der Waals surface area (Å²) in [6, 6.07) is 4.38. The van der Waals surface area contributed by atoms with Crippen LogP contribution in [0.5, 0.6) is 0 Å². The fraction of sp³-hybridized carbons (Fsp3) is 0.294. The molecule has 0 spiro atoms. The molecule has 0 aliphatic carbocycles. The van der Waals surface area contributed by atoms with Gasteiger partial charge in [-0.1, -0.05) is 0 Å². The minimum Gasteiger partial charge on any atom is -0.383 e. The van der Waals surface area contributed by atoms with Crippen molar-refractivity contribution in [3.63, 3.8) is 0 Å². The number of fused-ring (bicyclic) bond motifs is 2. The van der Waals surface area contributed by atoms with E-state index in [1.54, 1.807) is 0 Å². The summed E-state index contributed by atoms with van der Waals surface area (Å²) in [6.07, 6.45) is 7.25. The summed E-state index contributed by atoms with van der Waals surface area (Å²) in [7, 11) is 0. The highest BCUT2D eigenvalue weighted by molar-refractivity contribution is 5.99. The number of nitrogen functional groups attached to an aromatic ring is 1. The number of aromatic amines is 1. The van der Waals surface area contributed by atoms with E-state index in [0.717, 1.165) is 59.3 Å². The molecule has 4 N–H and O–H groups in total. The number of rotatable bonds is 2. The Bertz CT molecular complexity index is 1060. The van der Waals surface area contributed by atoms with Gasteiger partial charge in [0, 0.05) is 23.3 Å². The maximum atomic E-state index is 6.19. The summed E-state index contributed by atoms with van der Waals surface area (Å²) < 4.78 is 2.02. The van der Waals surface area contributed by atoms with Crippen LogP contribution in [0.3, 0.4) is 0 Å². The number of nitrogens with two attached hydrogens (primary N) is 1. The van der Waals surface area contributed by atoms with Gasteiger partial charge >= 0.3 is 0 Å². The molecule has 126 valence electrons. The Morgan fingerprint density at radius 2 is 2.04 bits per heavy atom. The van der Waals surface area contributed by atoms with Crippen molar-refractivity contribution in [3.8, 4) is 11.3 Å². The van der Waals surface area contributed by atoms with E-state index in [1.165, 1.54) is 6.33 Å². The van der Waals surface area contributed by atoms with Gasteiger partial charge in [-0.25, -0.2) is 19.6 Å². The summed E-state index contributed by atoms with van der Waals surface area (Å²) in [5, 5.41) is 10.1. The van der Waals surface area contributed by atoms with Crippen LogP contribution >= 0.6 is 0 Å². The largest absolute Gasteiger partial charge is 0.383 e. The second kappa shape index (κ2) is 5.52. The number of hydrogen-bond acceptors (Lipinski definition) is 6. The van der Waals surface area contributed by atoms with Crippen LogP contribution in [-0.4, -0.2) is 42.8 Å². The predicted octanol–water partition coefficient (Wildman–Crippen LogP) is 1.88. The number of hydrogen-bond donors (Lipinski definition) is 3. The van der Waals surface area contributed by atoms with Crippen LogP contribution in [0.25, 0.3) is 33.3 Å². The number of pyridine rings is 1. The van der Waals surface area contributed by atoms with Crippen LogP contribution in [0.2, 0.25) is 0 Å². The van der Waals surface area contributed by atoms with Crippen molar-refractivity contribution in [2.75, 3.05) is 18.8 Å². The van der Waals surface area contributed by atoms with Crippen LogP contribution < -0.4 is 11.1 Å². The zero-order chi connectivity index (χ0) is 16.8. The second-order valence-corrected chi connectivity index (χ2v) is 6.37. The van der Waals surface area contributed by atoms with Gasteiger partial charge in [0.15, 0.2) is 5.65 Å². The Labute approximate surface area is 143 Å². The van der Waals surface area contributed by atoms with E-state index in [-0.39, 0.29) is 0 Å². The molecule has 1 aliphatic rings. The third kappa shape index (κ3) is 2.25. The molecule has 5 rings (SSSR count). The minimum atomic E-state index is 0.316. The van der Waals surface area contributed by atoms with E-state index in [9.17, 15) is 0 Å².